The number of hydrogen-bond acceptors (Lipinski definition) is 4. The summed E-state index contributed by atoms with van der Waals surface area (Å²) in [5, 5.41) is 2.36. The highest BCUT2D eigenvalue weighted by Crippen LogP contribution is 2.49. The Bertz CT molecular complexity index is 3040. The van der Waals surface area contributed by atoms with Gasteiger partial charge in [0.15, 0.2) is 0 Å². The maximum absolute atomic E-state index is 7.18. The van der Waals surface area contributed by atoms with Crippen LogP contribution in [0.2, 0.25) is 0 Å². The van der Waals surface area contributed by atoms with Gasteiger partial charge in [-0.3, -0.25) is 4.57 Å². The van der Waals surface area contributed by atoms with E-state index < -0.39 is 0 Å². The number of fused-ring (bicyclic) bond motifs is 4. The van der Waals surface area contributed by atoms with E-state index in [1.807, 2.05) is 6.20 Å². The average molecular weight is 873 g/mol. The van der Waals surface area contributed by atoms with E-state index in [0.29, 0.717) is 24.4 Å². The zero-order valence-corrected chi connectivity index (χ0v) is 41.3. The van der Waals surface area contributed by atoms with Crippen LogP contribution in [0.25, 0.3) is 38.8 Å². The lowest BCUT2D eigenvalue weighted by Crippen LogP contribution is -2.25. The number of rotatable bonds is 12. The highest BCUT2D eigenvalue weighted by molar-refractivity contribution is 6.09. The van der Waals surface area contributed by atoms with Crippen molar-refractivity contribution in [2.45, 2.75) is 125 Å². The minimum absolute atomic E-state index is 0.0180. The molecule has 0 radical (unpaired) electrons. The highest BCUT2D eigenvalue weighted by atomic mass is 16.5. The summed E-state index contributed by atoms with van der Waals surface area (Å²) in [6.07, 6.45) is 4.13. The van der Waals surface area contributed by atoms with Gasteiger partial charge in [0, 0.05) is 40.5 Å². The Morgan fingerprint density at radius 2 is 1.21 bits per heavy atom. The van der Waals surface area contributed by atoms with E-state index in [1.54, 1.807) is 0 Å². The van der Waals surface area contributed by atoms with E-state index in [4.69, 9.17) is 9.72 Å². The van der Waals surface area contributed by atoms with Gasteiger partial charge in [0.05, 0.1) is 22.4 Å². The van der Waals surface area contributed by atoms with Gasteiger partial charge in [0.25, 0.3) is 0 Å². The SMILES string of the molecule is CCC(C)(CC)c1cccc(N2CN(c3cc(Oc4ccc5c6ccccc6n(-c6cc(C(C)(C)C)ccn6)c5c4)cc(-c4c(C(C)C)cc(C(C)C)cc4C(C)C)c3)c3ccccc32)c1. The van der Waals surface area contributed by atoms with E-state index in [-0.39, 0.29) is 10.8 Å². The molecule has 1 aliphatic heterocycles. The lowest BCUT2D eigenvalue weighted by atomic mass is 9.78. The second-order valence-electron chi connectivity index (χ2n) is 20.8. The largest absolute Gasteiger partial charge is 0.457 e. The van der Waals surface area contributed by atoms with Gasteiger partial charge >= 0.3 is 0 Å². The maximum atomic E-state index is 7.18. The van der Waals surface area contributed by atoms with Gasteiger partial charge in [0.1, 0.15) is 24.0 Å². The minimum Gasteiger partial charge on any atom is -0.457 e. The molecule has 0 bridgehead atoms. The third-order valence-corrected chi connectivity index (χ3v) is 14.5. The van der Waals surface area contributed by atoms with Crippen molar-refractivity contribution in [3.63, 3.8) is 0 Å². The van der Waals surface area contributed by atoms with Crippen LogP contribution in [0.4, 0.5) is 22.7 Å². The van der Waals surface area contributed by atoms with Crippen LogP contribution in [0.3, 0.4) is 0 Å². The van der Waals surface area contributed by atoms with E-state index in [2.05, 4.69) is 231 Å². The molecule has 5 heteroatoms. The summed E-state index contributed by atoms with van der Waals surface area (Å²) < 4.78 is 9.47. The van der Waals surface area contributed by atoms with Crippen LogP contribution in [0.5, 0.6) is 11.5 Å². The van der Waals surface area contributed by atoms with Crippen LogP contribution in [0.1, 0.15) is 141 Å². The van der Waals surface area contributed by atoms with E-state index in [0.717, 1.165) is 46.9 Å². The Kier molecular flexibility index (Phi) is 11.9. The van der Waals surface area contributed by atoms with Crippen molar-refractivity contribution in [2.24, 2.45) is 0 Å². The lowest BCUT2D eigenvalue weighted by molar-refractivity contribution is 0.439. The summed E-state index contributed by atoms with van der Waals surface area (Å²) in [6.45, 7) is 28.4. The molecule has 0 saturated carbocycles. The molecule has 0 fully saturated rings. The van der Waals surface area contributed by atoms with Gasteiger partial charge in [-0.2, -0.15) is 0 Å². The number of anilines is 4. The summed E-state index contributed by atoms with van der Waals surface area (Å²) in [5.74, 6) is 3.56. The fourth-order valence-corrected chi connectivity index (χ4v) is 10.00. The van der Waals surface area contributed by atoms with Crippen LogP contribution in [-0.4, -0.2) is 16.2 Å². The summed E-state index contributed by atoms with van der Waals surface area (Å²) >= 11 is 0. The van der Waals surface area contributed by atoms with E-state index in [1.165, 1.54) is 66.8 Å². The molecule has 9 rings (SSSR count). The van der Waals surface area contributed by atoms with Crippen molar-refractivity contribution in [3.05, 3.63) is 167 Å². The Morgan fingerprint density at radius 3 is 1.86 bits per heavy atom. The summed E-state index contributed by atoms with van der Waals surface area (Å²) in [7, 11) is 0. The van der Waals surface area contributed by atoms with Crippen molar-refractivity contribution in [1.82, 2.24) is 9.55 Å². The van der Waals surface area contributed by atoms with Gasteiger partial charge in [-0.05, 0) is 147 Å². The highest BCUT2D eigenvalue weighted by Gasteiger charge is 2.31. The predicted octanol–water partition coefficient (Wildman–Crippen LogP) is 17.6. The first-order valence-electron chi connectivity index (χ1n) is 24.3. The lowest BCUT2D eigenvalue weighted by Gasteiger charge is -2.29. The first kappa shape index (κ1) is 44.9. The third-order valence-electron chi connectivity index (χ3n) is 14.5. The molecule has 0 unspecified atom stereocenters. The Morgan fingerprint density at radius 1 is 0.561 bits per heavy atom. The van der Waals surface area contributed by atoms with Crippen molar-refractivity contribution in [2.75, 3.05) is 16.5 Å². The molecule has 0 spiro atoms. The normalized spacial score (nSPS) is 13.3. The van der Waals surface area contributed by atoms with Crippen LogP contribution < -0.4 is 14.5 Å². The fraction of sp³-hybridized carbons (Fsp3) is 0.328. The molecule has 0 saturated heterocycles. The van der Waals surface area contributed by atoms with Gasteiger partial charge in [0.2, 0.25) is 0 Å². The van der Waals surface area contributed by atoms with E-state index >= 15 is 0 Å². The average Bonchev–Trinajstić information content (AvgIpc) is 3.86. The van der Waals surface area contributed by atoms with Gasteiger partial charge in [-0.1, -0.05) is 138 Å². The predicted molar refractivity (Wildman–Crippen MR) is 281 cm³/mol. The molecule has 1 aliphatic rings. The number of ether oxygens (including phenoxy) is 1. The molecular formula is C61H68N4O. The van der Waals surface area contributed by atoms with Crippen LogP contribution in [-0.2, 0) is 10.8 Å². The monoisotopic (exact) mass is 873 g/mol. The standard InChI is InChI=1S/C61H68N4O/c1-13-61(12,14-2)45-20-19-21-46(34-45)63-38-64(56-25-18-17-24-55(56)63)47-30-43(59-52(40(5)6)32-42(39(3)4)33-53(59)41(7)8)31-49(36-47)66-48-26-27-51-50-22-15-16-23-54(50)65(57(51)37-48)58-35-44(28-29-62-58)60(9,10)11/h15-37,39-41H,13-14,38H2,1-12H3. The Hall–Kier alpha value is -6.33. The summed E-state index contributed by atoms with van der Waals surface area (Å²) in [4.78, 5) is 9.90. The van der Waals surface area contributed by atoms with Crippen LogP contribution >= 0.6 is 0 Å². The second-order valence-corrected chi connectivity index (χ2v) is 20.8. The zero-order chi connectivity index (χ0) is 46.7. The quantitative estimate of drug-likeness (QED) is 0.122. The molecule has 0 atom stereocenters. The molecule has 338 valence electrons. The smallest absolute Gasteiger partial charge is 0.137 e. The number of benzene rings is 6. The number of nitrogens with zero attached hydrogens (tertiary/aromatic N) is 4. The molecule has 2 aromatic heterocycles. The van der Waals surface area contributed by atoms with Crippen molar-refractivity contribution < 1.29 is 4.74 Å². The van der Waals surface area contributed by atoms with E-state index in [9.17, 15) is 0 Å². The molecule has 0 amide bonds. The molecule has 0 aliphatic carbocycles. The maximum Gasteiger partial charge on any atom is 0.137 e. The molecule has 0 N–H and O–H groups in total. The molecule has 8 aromatic rings. The third kappa shape index (κ3) is 8.16. The van der Waals surface area contributed by atoms with Crippen molar-refractivity contribution in [1.29, 1.82) is 0 Å². The molecular weight excluding hydrogens is 805 g/mol. The fourth-order valence-electron chi connectivity index (χ4n) is 10.00. The van der Waals surface area contributed by atoms with Gasteiger partial charge in [-0.25, -0.2) is 4.98 Å². The molecule has 66 heavy (non-hydrogen) atoms. The zero-order valence-electron chi connectivity index (χ0n) is 41.3. The first-order valence-corrected chi connectivity index (χ1v) is 24.3. The summed E-state index contributed by atoms with van der Waals surface area (Å²) in [6, 6.07) is 49.5. The molecule has 3 heterocycles. The molecule has 6 aromatic carbocycles. The van der Waals surface area contributed by atoms with Crippen LogP contribution in [0, 0.1) is 0 Å². The number of hydrogen-bond donors (Lipinski definition) is 0. The number of para-hydroxylation sites is 3. The summed E-state index contributed by atoms with van der Waals surface area (Å²) in [5.41, 5.74) is 16.2. The topological polar surface area (TPSA) is 33.5 Å². The number of aromatic nitrogens is 2. The van der Waals surface area contributed by atoms with Crippen molar-refractivity contribution in [3.8, 4) is 28.4 Å². The number of pyridine rings is 1. The van der Waals surface area contributed by atoms with Crippen LogP contribution in [0.15, 0.2) is 140 Å². The van der Waals surface area contributed by atoms with Crippen molar-refractivity contribution >= 4 is 44.6 Å². The Balaban J connectivity index is 1.22. The molecule has 5 nitrogen and oxygen atoms in total. The van der Waals surface area contributed by atoms with Gasteiger partial charge < -0.3 is 14.5 Å². The Labute approximate surface area is 394 Å². The first-order chi connectivity index (χ1) is 31.6. The minimum atomic E-state index is -0.0180. The second kappa shape index (κ2) is 17.5. The van der Waals surface area contributed by atoms with Gasteiger partial charge in [-0.15, -0.1) is 0 Å².